The van der Waals surface area contributed by atoms with Crippen LogP contribution in [-0.4, -0.2) is 6.61 Å². The second-order valence-corrected chi connectivity index (χ2v) is 3.47. The second kappa shape index (κ2) is 5.13. The van der Waals surface area contributed by atoms with Crippen LogP contribution in [0.5, 0.6) is 5.75 Å². The molecule has 0 radical (unpaired) electrons. The van der Waals surface area contributed by atoms with Crippen molar-refractivity contribution in [2.75, 3.05) is 11.9 Å². The SMILES string of the molecule is CC(C)COc1cccc(NC#N)c1. The molecule has 0 fully saturated rings. The van der Waals surface area contributed by atoms with Gasteiger partial charge in [0.2, 0.25) is 0 Å². The molecule has 0 unspecified atom stereocenters. The molecule has 0 atom stereocenters. The van der Waals surface area contributed by atoms with Crippen LogP contribution in [0.2, 0.25) is 0 Å². The summed E-state index contributed by atoms with van der Waals surface area (Å²) in [5, 5.41) is 11.0. The highest BCUT2D eigenvalue weighted by molar-refractivity contribution is 5.50. The summed E-state index contributed by atoms with van der Waals surface area (Å²) in [6.45, 7) is 4.88. The number of anilines is 1. The van der Waals surface area contributed by atoms with Gasteiger partial charge in [0.1, 0.15) is 5.75 Å². The minimum Gasteiger partial charge on any atom is -0.493 e. The molecule has 1 rings (SSSR count). The lowest BCUT2D eigenvalue weighted by Crippen LogP contribution is -2.04. The normalized spacial score (nSPS) is 9.57. The van der Waals surface area contributed by atoms with Gasteiger partial charge in [-0.25, -0.2) is 0 Å². The van der Waals surface area contributed by atoms with Crippen LogP contribution in [0.25, 0.3) is 0 Å². The molecule has 14 heavy (non-hydrogen) atoms. The molecule has 3 heteroatoms. The highest BCUT2D eigenvalue weighted by atomic mass is 16.5. The fourth-order valence-electron chi connectivity index (χ4n) is 0.991. The summed E-state index contributed by atoms with van der Waals surface area (Å²) in [5.74, 6) is 1.29. The molecule has 0 saturated heterocycles. The maximum absolute atomic E-state index is 8.43. The Morgan fingerprint density at radius 3 is 2.93 bits per heavy atom. The zero-order chi connectivity index (χ0) is 10.4. The Labute approximate surface area is 84.3 Å². The van der Waals surface area contributed by atoms with E-state index < -0.39 is 0 Å². The molecule has 1 aromatic rings. The van der Waals surface area contributed by atoms with Crippen molar-refractivity contribution < 1.29 is 4.74 Å². The van der Waals surface area contributed by atoms with E-state index in [9.17, 15) is 0 Å². The third kappa shape index (κ3) is 3.36. The molecule has 0 heterocycles. The first-order valence-corrected chi connectivity index (χ1v) is 4.60. The molecule has 0 aromatic heterocycles. The van der Waals surface area contributed by atoms with E-state index in [1.54, 1.807) is 0 Å². The summed E-state index contributed by atoms with van der Waals surface area (Å²) in [4.78, 5) is 0. The maximum atomic E-state index is 8.43. The van der Waals surface area contributed by atoms with Crippen LogP contribution in [-0.2, 0) is 0 Å². The summed E-state index contributed by atoms with van der Waals surface area (Å²) in [6, 6.07) is 7.37. The summed E-state index contributed by atoms with van der Waals surface area (Å²) < 4.78 is 5.50. The van der Waals surface area contributed by atoms with Gasteiger partial charge in [0.25, 0.3) is 0 Å². The van der Waals surface area contributed by atoms with E-state index >= 15 is 0 Å². The van der Waals surface area contributed by atoms with E-state index in [0.717, 1.165) is 11.4 Å². The standard InChI is InChI=1S/C11H14N2O/c1-9(2)7-14-11-5-3-4-10(6-11)13-8-12/h3-6,9,13H,7H2,1-2H3. The van der Waals surface area contributed by atoms with Crippen molar-refractivity contribution in [2.45, 2.75) is 13.8 Å². The van der Waals surface area contributed by atoms with Gasteiger partial charge in [-0.2, -0.15) is 5.26 Å². The highest BCUT2D eigenvalue weighted by Crippen LogP contribution is 2.17. The number of ether oxygens (including phenoxy) is 1. The first-order valence-electron chi connectivity index (χ1n) is 4.60. The van der Waals surface area contributed by atoms with E-state index in [1.807, 2.05) is 30.5 Å². The summed E-state index contributed by atoms with van der Waals surface area (Å²) in [5.41, 5.74) is 0.758. The number of nitrogens with zero attached hydrogens (tertiary/aromatic N) is 1. The van der Waals surface area contributed by atoms with E-state index in [-0.39, 0.29) is 0 Å². The van der Waals surface area contributed by atoms with Gasteiger partial charge < -0.3 is 4.74 Å². The van der Waals surface area contributed by atoms with Gasteiger partial charge in [-0.05, 0) is 18.1 Å². The number of hydrogen-bond donors (Lipinski definition) is 1. The van der Waals surface area contributed by atoms with Crippen molar-refractivity contribution in [1.82, 2.24) is 0 Å². The highest BCUT2D eigenvalue weighted by Gasteiger charge is 1.98. The van der Waals surface area contributed by atoms with E-state index in [4.69, 9.17) is 10.00 Å². The van der Waals surface area contributed by atoms with E-state index in [1.165, 1.54) is 0 Å². The zero-order valence-electron chi connectivity index (χ0n) is 8.45. The molecule has 3 nitrogen and oxygen atoms in total. The van der Waals surface area contributed by atoms with Gasteiger partial charge in [-0.1, -0.05) is 19.9 Å². The van der Waals surface area contributed by atoms with Crippen LogP contribution in [0.4, 0.5) is 5.69 Å². The third-order valence-corrected chi connectivity index (χ3v) is 1.62. The lowest BCUT2D eigenvalue weighted by atomic mass is 10.2. The molecule has 0 aliphatic rings. The van der Waals surface area contributed by atoms with Crippen molar-refractivity contribution in [3.05, 3.63) is 24.3 Å². The first kappa shape index (κ1) is 10.4. The van der Waals surface area contributed by atoms with Crippen molar-refractivity contribution >= 4 is 5.69 Å². The molecular formula is C11H14N2O. The number of rotatable bonds is 4. The lowest BCUT2D eigenvalue weighted by molar-refractivity contribution is 0.271. The molecule has 1 aromatic carbocycles. The minimum absolute atomic E-state index is 0.502. The monoisotopic (exact) mass is 190 g/mol. The number of nitriles is 1. The van der Waals surface area contributed by atoms with Crippen molar-refractivity contribution in [2.24, 2.45) is 5.92 Å². The Morgan fingerprint density at radius 1 is 1.50 bits per heavy atom. The second-order valence-electron chi connectivity index (χ2n) is 3.47. The summed E-state index contributed by atoms with van der Waals surface area (Å²) in [7, 11) is 0. The van der Waals surface area contributed by atoms with Crippen molar-refractivity contribution in [1.29, 1.82) is 5.26 Å². The molecule has 0 aliphatic heterocycles. The topological polar surface area (TPSA) is 45.0 Å². The third-order valence-electron chi connectivity index (χ3n) is 1.62. The van der Waals surface area contributed by atoms with Gasteiger partial charge in [0.05, 0.1) is 12.3 Å². The molecule has 74 valence electrons. The van der Waals surface area contributed by atoms with Crippen LogP contribution in [0.1, 0.15) is 13.8 Å². The largest absolute Gasteiger partial charge is 0.493 e. The van der Waals surface area contributed by atoms with Gasteiger partial charge in [-0.15, -0.1) is 0 Å². The number of hydrogen-bond acceptors (Lipinski definition) is 3. The Balaban J connectivity index is 2.60. The summed E-state index contributed by atoms with van der Waals surface area (Å²) >= 11 is 0. The Bertz CT molecular complexity index is 328. The van der Waals surface area contributed by atoms with Gasteiger partial charge in [0.15, 0.2) is 6.19 Å². The number of benzene rings is 1. The average Bonchev–Trinajstić information content (AvgIpc) is 2.16. The van der Waals surface area contributed by atoms with Crippen LogP contribution in [0, 0.1) is 17.4 Å². The van der Waals surface area contributed by atoms with E-state index in [2.05, 4.69) is 19.2 Å². The maximum Gasteiger partial charge on any atom is 0.181 e. The predicted molar refractivity (Wildman–Crippen MR) is 56.0 cm³/mol. The van der Waals surface area contributed by atoms with E-state index in [0.29, 0.717) is 12.5 Å². The van der Waals surface area contributed by atoms with Crippen molar-refractivity contribution in [3.8, 4) is 11.9 Å². The number of nitrogens with one attached hydrogen (secondary N) is 1. The lowest BCUT2D eigenvalue weighted by Gasteiger charge is -2.09. The van der Waals surface area contributed by atoms with Crippen LogP contribution < -0.4 is 10.1 Å². The molecule has 0 bridgehead atoms. The van der Waals surface area contributed by atoms with Gasteiger partial charge in [0, 0.05) is 6.07 Å². The first-order chi connectivity index (χ1) is 6.72. The van der Waals surface area contributed by atoms with Gasteiger partial charge in [-0.3, -0.25) is 5.32 Å². The van der Waals surface area contributed by atoms with Crippen LogP contribution in [0.3, 0.4) is 0 Å². The van der Waals surface area contributed by atoms with Crippen molar-refractivity contribution in [3.63, 3.8) is 0 Å². The fourth-order valence-corrected chi connectivity index (χ4v) is 0.991. The fraction of sp³-hybridized carbons (Fsp3) is 0.364. The Morgan fingerprint density at radius 2 is 2.29 bits per heavy atom. The van der Waals surface area contributed by atoms with Crippen LogP contribution in [0.15, 0.2) is 24.3 Å². The Kier molecular flexibility index (Phi) is 3.81. The molecule has 0 saturated carbocycles. The molecule has 0 amide bonds. The molecule has 0 spiro atoms. The van der Waals surface area contributed by atoms with Crippen LogP contribution >= 0.6 is 0 Å². The van der Waals surface area contributed by atoms with Gasteiger partial charge >= 0.3 is 0 Å². The predicted octanol–water partition coefficient (Wildman–Crippen LogP) is 2.61. The molecular weight excluding hydrogens is 176 g/mol. The molecule has 1 N–H and O–H groups in total. The quantitative estimate of drug-likeness (QED) is 0.586. The average molecular weight is 190 g/mol. The summed E-state index contributed by atoms with van der Waals surface area (Å²) in [6.07, 6.45) is 1.87. The Hall–Kier alpha value is -1.69. The zero-order valence-corrected chi connectivity index (χ0v) is 8.45. The minimum atomic E-state index is 0.502. The smallest absolute Gasteiger partial charge is 0.181 e. The molecule has 0 aliphatic carbocycles.